The summed E-state index contributed by atoms with van der Waals surface area (Å²) in [6, 6.07) is 4.34. The Kier molecular flexibility index (Phi) is 4.02. The van der Waals surface area contributed by atoms with E-state index in [1.807, 2.05) is 0 Å². The van der Waals surface area contributed by atoms with Crippen LogP contribution in [0.4, 0.5) is 0 Å². The molecule has 2 rings (SSSR count). The third-order valence-corrected chi connectivity index (χ3v) is 3.13. The van der Waals surface area contributed by atoms with Crippen molar-refractivity contribution in [1.29, 1.82) is 0 Å². The Bertz CT molecular complexity index is 361. The lowest BCUT2D eigenvalue weighted by molar-refractivity contribution is 0.140. The van der Waals surface area contributed by atoms with Gasteiger partial charge in [0.05, 0.1) is 13.2 Å². The summed E-state index contributed by atoms with van der Waals surface area (Å²) in [5.41, 5.74) is 9.26. The van der Waals surface area contributed by atoms with E-state index in [4.69, 9.17) is 15.2 Å². The topological polar surface area (TPSA) is 44.5 Å². The van der Waals surface area contributed by atoms with Crippen molar-refractivity contribution in [2.75, 3.05) is 19.8 Å². The first-order valence-corrected chi connectivity index (χ1v) is 6.25. The van der Waals surface area contributed by atoms with Crippen LogP contribution in [-0.2, 0) is 11.2 Å². The van der Waals surface area contributed by atoms with Crippen LogP contribution in [0.2, 0.25) is 0 Å². The van der Waals surface area contributed by atoms with Crippen LogP contribution in [0.1, 0.15) is 23.1 Å². The highest BCUT2D eigenvalue weighted by Gasteiger charge is 2.19. The minimum Gasteiger partial charge on any atom is -0.487 e. The number of benzene rings is 1. The molecule has 94 valence electrons. The number of nitrogens with two attached hydrogens (primary N) is 1. The monoisotopic (exact) mass is 235 g/mol. The molecular formula is C14H21NO2. The summed E-state index contributed by atoms with van der Waals surface area (Å²) in [4.78, 5) is 0. The van der Waals surface area contributed by atoms with Crippen LogP contribution in [-0.4, -0.2) is 25.9 Å². The van der Waals surface area contributed by atoms with Crippen molar-refractivity contribution in [2.24, 2.45) is 5.73 Å². The standard InChI is InChI=1S/C14H21NO2/c1-10-7-12(3-5-15)8-11(2)14(10)17-13-4-6-16-9-13/h7-8,13H,3-6,9,15H2,1-2H3. The van der Waals surface area contributed by atoms with Crippen molar-refractivity contribution in [1.82, 2.24) is 0 Å². The summed E-state index contributed by atoms with van der Waals surface area (Å²) in [5.74, 6) is 1.02. The maximum atomic E-state index is 6.01. The van der Waals surface area contributed by atoms with Crippen LogP contribution in [0.15, 0.2) is 12.1 Å². The van der Waals surface area contributed by atoms with Crippen LogP contribution in [0.25, 0.3) is 0 Å². The van der Waals surface area contributed by atoms with Crippen molar-refractivity contribution in [3.63, 3.8) is 0 Å². The van der Waals surface area contributed by atoms with E-state index in [1.54, 1.807) is 0 Å². The molecule has 1 aromatic rings. The van der Waals surface area contributed by atoms with Gasteiger partial charge in [0.15, 0.2) is 0 Å². The Labute approximate surface area is 103 Å². The fourth-order valence-corrected chi connectivity index (χ4v) is 2.31. The van der Waals surface area contributed by atoms with E-state index in [0.717, 1.165) is 25.2 Å². The van der Waals surface area contributed by atoms with Crippen LogP contribution >= 0.6 is 0 Å². The zero-order valence-corrected chi connectivity index (χ0v) is 10.7. The lowest BCUT2D eigenvalue weighted by Crippen LogP contribution is -2.17. The van der Waals surface area contributed by atoms with Gasteiger partial charge in [-0.1, -0.05) is 12.1 Å². The van der Waals surface area contributed by atoms with Gasteiger partial charge in [0.1, 0.15) is 11.9 Å². The Hall–Kier alpha value is -1.06. The molecule has 1 aromatic carbocycles. The molecule has 1 unspecified atom stereocenters. The minimum absolute atomic E-state index is 0.216. The van der Waals surface area contributed by atoms with Crippen molar-refractivity contribution >= 4 is 0 Å². The van der Waals surface area contributed by atoms with Gasteiger partial charge in [-0.2, -0.15) is 0 Å². The molecule has 0 spiro atoms. The second-order valence-electron chi connectivity index (χ2n) is 4.70. The van der Waals surface area contributed by atoms with Gasteiger partial charge < -0.3 is 15.2 Å². The largest absolute Gasteiger partial charge is 0.487 e. The average Bonchev–Trinajstić information content (AvgIpc) is 2.76. The number of hydrogen-bond donors (Lipinski definition) is 1. The maximum absolute atomic E-state index is 6.01. The first-order valence-electron chi connectivity index (χ1n) is 6.25. The predicted octanol–water partition coefficient (Wildman–Crippen LogP) is 1.97. The molecule has 0 radical (unpaired) electrons. The average molecular weight is 235 g/mol. The van der Waals surface area contributed by atoms with Gasteiger partial charge >= 0.3 is 0 Å². The van der Waals surface area contributed by atoms with Gasteiger partial charge in [-0.15, -0.1) is 0 Å². The number of aryl methyl sites for hydroxylation is 2. The van der Waals surface area contributed by atoms with Crippen molar-refractivity contribution in [3.05, 3.63) is 28.8 Å². The molecule has 17 heavy (non-hydrogen) atoms. The molecule has 0 aromatic heterocycles. The second kappa shape index (κ2) is 5.52. The van der Waals surface area contributed by atoms with Crippen molar-refractivity contribution < 1.29 is 9.47 Å². The summed E-state index contributed by atoms with van der Waals surface area (Å²) in [7, 11) is 0. The smallest absolute Gasteiger partial charge is 0.125 e. The molecule has 1 atom stereocenters. The van der Waals surface area contributed by atoms with E-state index in [9.17, 15) is 0 Å². The van der Waals surface area contributed by atoms with Gasteiger partial charge in [-0.05, 0) is 43.5 Å². The number of hydrogen-bond acceptors (Lipinski definition) is 3. The third-order valence-electron chi connectivity index (χ3n) is 3.13. The SMILES string of the molecule is Cc1cc(CCN)cc(C)c1OC1CCOC1. The van der Waals surface area contributed by atoms with E-state index in [-0.39, 0.29) is 6.10 Å². The Morgan fingerprint density at radius 1 is 1.35 bits per heavy atom. The molecule has 1 aliphatic heterocycles. The molecule has 3 heteroatoms. The molecular weight excluding hydrogens is 214 g/mol. The molecule has 1 saturated heterocycles. The van der Waals surface area contributed by atoms with Gasteiger partial charge in [-0.3, -0.25) is 0 Å². The number of ether oxygens (including phenoxy) is 2. The van der Waals surface area contributed by atoms with E-state index >= 15 is 0 Å². The lowest BCUT2D eigenvalue weighted by atomic mass is 10.0. The van der Waals surface area contributed by atoms with Crippen molar-refractivity contribution in [3.8, 4) is 5.75 Å². The highest BCUT2D eigenvalue weighted by atomic mass is 16.5. The summed E-state index contributed by atoms with van der Waals surface area (Å²) in [6.45, 7) is 6.41. The van der Waals surface area contributed by atoms with Crippen LogP contribution in [0, 0.1) is 13.8 Å². The highest BCUT2D eigenvalue weighted by molar-refractivity contribution is 5.43. The predicted molar refractivity (Wildman–Crippen MR) is 68.5 cm³/mol. The van der Waals surface area contributed by atoms with Crippen LogP contribution < -0.4 is 10.5 Å². The summed E-state index contributed by atoms with van der Waals surface area (Å²) >= 11 is 0. The molecule has 0 saturated carbocycles. The molecule has 0 aliphatic carbocycles. The Morgan fingerprint density at radius 2 is 2.06 bits per heavy atom. The molecule has 1 heterocycles. The van der Waals surface area contributed by atoms with Gasteiger partial charge in [0.25, 0.3) is 0 Å². The number of rotatable bonds is 4. The van der Waals surface area contributed by atoms with E-state index < -0.39 is 0 Å². The molecule has 2 N–H and O–H groups in total. The van der Waals surface area contributed by atoms with Gasteiger partial charge in [0, 0.05) is 6.42 Å². The maximum Gasteiger partial charge on any atom is 0.125 e. The van der Waals surface area contributed by atoms with E-state index in [2.05, 4.69) is 26.0 Å². The van der Waals surface area contributed by atoms with E-state index in [1.165, 1.54) is 16.7 Å². The Balaban J connectivity index is 2.15. The van der Waals surface area contributed by atoms with Crippen molar-refractivity contribution in [2.45, 2.75) is 32.8 Å². The fourth-order valence-electron chi connectivity index (χ4n) is 2.31. The Morgan fingerprint density at radius 3 is 2.59 bits per heavy atom. The fraction of sp³-hybridized carbons (Fsp3) is 0.571. The first-order chi connectivity index (χ1) is 8.20. The summed E-state index contributed by atoms with van der Waals surface area (Å²) in [6.07, 6.45) is 2.13. The molecule has 0 amide bonds. The van der Waals surface area contributed by atoms with Gasteiger partial charge in [-0.25, -0.2) is 0 Å². The zero-order valence-electron chi connectivity index (χ0n) is 10.7. The molecule has 1 fully saturated rings. The van der Waals surface area contributed by atoms with Gasteiger partial charge in [0.2, 0.25) is 0 Å². The summed E-state index contributed by atoms with van der Waals surface area (Å²) in [5, 5.41) is 0. The van der Waals surface area contributed by atoms with E-state index in [0.29, 0.717) is 13.2 Å². The highest BCUT2D eigenvalue weighted by Crippen LogP contribution is 2.27. The minimum atomic E-state index is 0.216. The molecule has 1 aliphatic rings. The molecule has 0 bridgehead atoms. The van der Waals surface area contributed by atoms with Crippen LogP contribution in [0.3, 0.4) is 0 Å². The normalized spacial score (nSPS) is 19.6. The quantitative estimate of drug-likeness (QED) is 0.867. The second-order valence-corrected chi connectivity index (χ2v) is 4.70. The zero-order chi connectivity index (χ0) is 12.3. The summed E-state index contributed by atoms with van der Waals surface area (Å²) < 4.78 is 11.3. The third kappa shape index (κ3) is 2.99. The lowest BCUT2D eigenvalue weighted by Gasteiger charge is -2.17. The first kappa shape index (κ1) is 12.4. The molecule has 3 nitrogen and oxygen atoms in total. The van der Waals surface area contributed by atoms with Crippen LogP contribution in [0.5, 0.6) is 5.75 Å².